The van der Waals surface area contributed by atoms with E-state index in [2.05, 4.69) is 15.3 Å². The van der Waals surface area contributed by atoms with Gasteiger partial charge in [-0.25, -0.2) is 4.98 Å². The normalized spacial score (nSPS) is 11.2. The molecule has 1 aromatic heterocycles. The third kappa shape index (κ3) is 5.81. The van der Waals surface area contributed by atoms with Gasteiger partial charge in [-0.2, -0.15) is 18.2 Å². The van der Waals surface area contributed by atoms with Crippen molar-refractivity contribution in [2.75, 3.05) is 30.5 Å². The number of nitrogens with zero attached hydrogens (tertiary/aromatic N) is 3. The second-order valence-electron chi connectivity index (χ2n) is 6.91. The van der Waals surface area contributed by atoms with Crippen LogP contribution in [0.1, 0.15) is 25.8 Å². The summed E-state index contributed by atoms with van der Waals surface area (Å²) in [5.41, 5.74) is 0.206. The number of halogens is 3. The maximum absolute atomic E-state index is 13.6. The van der Waals surface area contributed by atoms with Crippen LogP contribution in [0, 0.1) is 0 Å². The molecule has 3 rings (SSSR count). The maximum Gasteiger partial charge on any atom is 0.421 e. The Morgan fingerprint density at radius 2 is 1.56 bits per heavy atom. The molecule has 9 heteroatoms. The summed E-state index contributed by atoms with van der Waals surface area (Å²) in [6, 6.07) is 13.8. The zero-order valence-electron chi connectivity index (χ0n) is 18.1. The Kier molecular flexibility index (Phi) is 7.40. The summed E-state index contributed by atoms with van der Waals surface area (Å²) in [5.74, 6) is 1.13. The first-order valence-electron chi connectivity index (χ1n) is 10.2. The largest absolute Gasteiger partial charge is 0.494 e. The van der Waals surface area contributed by atoms with Crippen LogP contribution in [0.15, 0.2) is 54.7 Å². The van der Waals surface area contributed by atoms with Crippen molar-refractivity contribution in [1.29, 1.82) is 0 Å². The standard InChI is InChI=1S/C23H25F3N4O2/c1-4-14-32-19-10-6-16(7-11-19)28-21-20(23(24,25)26)15-27-22(29-21)30(3)17-8-12-18(13-9-17)31-5-2/h6-13,15H,4-5,14H2,1-3H3,(H,27,28,29). The van der Waals surface area contributed by atoms with Crippen LogP contribution in [0.25, 0.3) is 0 Å². The number of alkyl halides is 3. The molecule has 2 aromatic carbocycles. The van der Waals surface area contributed by atoms with Gasteiger partial charge in [0.2, 0.25) is 5.95 Å². The minimum Gasteiger partial charge on any atom is -0.494 e. The Morgan fingerprint density at radius 3 is 2.16 bits per heavy atom. The lowest BCUT2D eigenvalue weighted by Gasteiger charge is -2.20. The highest BCUT2D eigenvalue weighted by atomic mass is 19.4. The maximum atomic E-state index is 13.6. The highest BCUT2D eigenvalue weighted by Gasteiger charge is 2.35. The molecule has 6 nitrogen and oxygen atoms in total. The van der Waals surface area contributed by atoms with Gasteiger partial charge in [0.1, 0.15) is 22.9 Å². The molecule has 1 heterocycles. The fourth-order valence-electron chi connectivity index (χ4n) is 2.88. The van der Waals surface area contributed by atoms with Gasteiger partial charge >= 0.3 is 6.18 Å². The van der Waals surface area contributed by atoms with Crippen molar-refractivity contribution in [1.82, 2.24) is 9.97 Å². The third-order valence-electron chi connectivity index (χ3n) is 4.51. The molecule has 0 saturated heterocycles. The van der Waals surface area contributed by atoms with E-state index < -0.39 is 11.7 Å². The van der Waals surface area contributed by atoms with E-state index in [0.29, 0.717) is 36.1 Å². The van der Waals surface area contributed by atoms with Crippen LogP contribution >= 0.6 is 0 Å². The van der Waals surface area contributed by atoms with E-state index >= 15 is 0 Å². The summed E-state index contributed by atoms with van der Waals surface area (Å²) in [6.45, 7) is 4.98. The molecular weight excluding hydrogens is 421 g/mol. The summed E-state index contributed by atoms with van der Waals surface area (Å²) in [6.07, 6.45) is -2.96. The quantitative estimate of drug-likeness (QED) is 0.423. The van der Waals surface area contributed by atoms with Gasteiger partial charge in [-0.15, -0.1) is 0 Å². The summed E-state index contributed by atoms with van der Waals surface area (Å²) in [7, 11) is 1.68. The van der Waals surface area contributed by atoms with Crippen molar-refractivity contribution in [3.63, 3.8) is 0 Å². The third-order valence-corrected chi connectivity index (χ3v) is 4.51. The zero-order valence-corrected chi connectivity index (χ0v) is 18.1. The van der Waals surface area contributed by atoms with Crippen LogP contribution in [-0.4, -0.2) is 30.2 Å². The topological polar surface area (TPSA) is 59.5 Å². The number of ether oxygens (including phenoxy) is 2. The highest BCUT2D eigenvalue weighted by Crippen LogP contribution is 2.36. The average Bonchev–Trinajstić information content (AvgIpc) is 2.78. The summed E-state index contributed by atoms with van der Waals surface area (Å²) >= 11 is 0. The van der Waals surface area contributed by atoms with Gasteiger partial charge < -0.3 is 19.7 Å². The molecule has 0 radical (unpaired) electrons. The lowest BCUT2D eigenvalue weighted by atomic mass is 10.2. The molecule has 0 unspecified atom stereocenters. The summed E-state index contributed by atoms with van der Waals surface area (Å²) < 4.78 is 51.6. The van der Waals surface area contributed by atoms with Gasteiger partial charge in [-0.3, -0.25) is 0 Å². The number of rotatable bonds is 9. The molecule has 0 amide bonds. The van der Waals surface area contributed by atoms with Gasteiger partial charge in [0.05, 0.1) is 13.2 Å². The first-order valence-corrected chi connectivity index (χ1v) is 10.2. The van der Waals surface area contributed by atoms with Gasteiger partial charge in [-0.1, -0.05) is 6.92 Å². The molecule has 0 fully saturated rings. The molecule has 0 aliphatic rings. The van der Waals surface area contributed by atoms with E-state index in [9.17, 15) is 13.2 Å². The smallest absolute Gasteiger partial charge is 0.421 e. The molecular formula is C23H25F3N4O2. The molecule has 3 aromatic rings. The van der Waals surface area contributed by atoms with E-state index in [1.54, 1.807) is 60.5 Å². The molecule has 0 aliphatic carbocycles. The molecule has 1 N–H and O–H groups in total. The zero-order chi connectivity index (χ0) is 23.1. The Bertz CT molecular complexity index is 1010. The van der Waals surface area contributed by atoms with Gasteiger partial charge in [0.15, 0.2) is 0 Å². The lowest BCUT2D eigenvalue weighted by Crippen LogP contribution is -2.17. The van der Waals surface area contributed by atoms with Crippen LogP contribution in [0.5, 0.6) is 11.5 Å². The van der Waals surface area contributed by atoms with Gasteiger partial charge in [-0.05, 0) is 61.9 Å². The second-order valence-corrected chi connectivity index (χ2v) is 6.91. The fourth-order valence-corrected chi connectivity index (χ4v) is 2.88. The first-order chi connectivity index (χ1) is 15.3. The van der Waals surface area contributed by atoms with Crippen LogP contribution in [0.4, 0.5) is 36.3 Å². The van der Waals surface area contributed by atoms with Crippen molar-refractivity contribution in [3.05, 3.63) is 60.3 Å². The van der Waals surface area contributed by atoms with Crippen molar-refractivity contribution in [2.45, 2.75) is 26.4 Å². The molecule has 32 heavy (non-hydrogen) atoms. The Morgan fingerprint density at radius 1 is 0.938 bits per heavy atom. The van der Waals surface area contributed by atoms with E-state index in [0.717, 1.165) is 12.6 Å². The molecule has 0 aliphatic heterocycles. The Hall–Kier alpha value is -3.49. The van der Waals surface area contributed by atoms with Crippen LogP contribution in [-0.2, 0) is 6.18 Å². The number of aromatic nitrogens is 2. The number of hydrogen-bond acceptors (Lipinski definition) is 6. The highest BCUT2D eigenvalue weighted by molar-refractivity contribution is 5.64. The van der Waals surface area contributed by atoms with Crippen molar-refractivity contribution in [2.24, 2.45) is 0 Å². The van der Waals surface area contributed by atoms with E-state index in [1.165, 1.54) is 0 Å². The number of benzene rings is 2. The number of hydrogen-bond donors (Lipinski definition) is 1. The monoisotopic (exact) mass is 446 g/mol. The summed E-state index contributed by atoms with van der Waals surface area (Å²) in [5, 5.41) is 2.76. The predicted octanol–water partition coefficient (Wildman–Crippen LogP) is 6.19. The fraction of sp³-hybridized carbons (Fsp3) is 0.304. The second kappa shape index (κ2) is 10.2. The van der Waals surface area contributed by atoms with E-state index in [4.69, 9.17) is 9.47 Å². The van der Waals surface area contributed by atoms with Crippen LogP contribution < -0.4 is 19.7 Å². The van der Waals surface area contributed by atoms with Gasteiger partial charge in [0.25, 0.3) is 0 Å². The van der Waals surface area contributed by atoms with E-state index in [1.807, 2.05) is 13.8 Å². The van der Waals surface area contributed by atoms with Crippen molar-refractivity contribution >= 4 is 23.1 Å². The SMILES string of the molecule is CCCOc1ccc(Nc2nc(N(C)c3ccc(OCC)cc3)ncc2C(F)(F)F)cc1. The minimum absolute atomic E-state index is 0.118. The van der Waals surface area contributed by atoms with Gasteiger partial charge in [0, 0.05) is 24.6 Å². The molecule has 170 valence electrons. The average molecular weight is 446 g/mol. The number of nitrogens with one attached hydrogen (secondary N) is 1. The Balaban J connectivity index is 1.87. The van der Waals surface area contributed by atoms with Crippen LogP contribution in [0.3, 0.4) is 0 Å². The first kappa shape index (κ1) is 23.2. The van der Waals surface area contributed by atoms with Crippen molar-refractivity contribution in [3.8, 4) is 11.5 Å². The number of anilines is 4. The molecule has 0 bridgehead atoms. The molecule has 0 spiro atoms. The van der Waals surface area contributed by atoms with Crippen molar-refractivity contribution < 1.29 is 22.6 Å². The minimum atomic E-state index is -4.61. The lowest BCUT2D eigenvalue weighted by molar-refractivity contribution is -0.137. The van der Waals surface area contributed by atoms with Crippen LogP contribution in [0.2, 0.25) is 0 Å². The molecule has 0 saturated carbocycles. The summed E-state index contributed by atoms with van der Waals surface area (Å²) in [4.78, 5) is 9.70. The Labute approximate surface area is 185 Å². The predicted molar refractivity (Wildman–Crippen MR) is 118 cm³/mol. The molecule has 0 atom stereocenters. The van der Waals surface area contributed by atoms with E-state index in [-0.39, 0.29) is 11.8 Å².